The van der Waals surface area contributed by atoms with E-state index in [1.807, 2.05) is 0 Å². The fraction of sp³-hybridized carbons (Fsp3) is 0.952. The van der Waals surface area contributed by atoms with Crippen LogP contribution < -0.4 is 0 Å². The fourth-order valence-electron chi connectivity index (χ4n) is 13.0. The van der Waals surface area contributed by atoms with Crippen molar-refractivity contribution in [1.82, 2.24) is 0 Å². The number of aliphatic hydroxyl groups excluding tert-OH is 1. The molecule has 0 bridgehead atoms. The molecule has 0 radical (unpaired) electrons. The van der Waals surface area contributed by atoms with Gasteiger partial charge in [0.1, 0.15) is 19.3 Å². The third-order valence-electron chi connectivity index (χ3n) is 20.0. The number of rotatable bonds is 82. The van der Waals surface area contributed by atoms with Crippen LogP contribution in [-0.2, 0) is 65.4 Å². The van der Waals surface area contributed by atoms with Crippen molar-refractivity contribution in [2.75, 3.05) is 39.6 Å². The van der Waals surface area contributed by atoms with Gasteiger partial charge in [-0.05, 0) is 43.4 Å². The van der Waals surface area contributed by atoms with Crippen molar-refractivity contribution in [3.05, 3.63) is 0 Å². The summed E-state index contributed by atoms with van der Waals surface area (Å²) >= 11 is 0. The summed E-state index contributed by atoms with van der Waals surface area (Å²) in [6, 6.07) is 0. The number of carbonyl (C=O) groups is 4. The molecule has 0 heterocycles. The van der Waals surface area contributed by atoms with E-state index in [0.29, 0.717) is 25.7 Å². The first kappa shape index (κ1) is 101. The first-order valence-electron chi connectivity index (χ1n) is 43.4. The minimum atomic E-state index is -4.96. The molecule has 0 aromatic rings. The van der Waals surface area contributed by atoms with E-state index in [1.165, 1.54) is 250 Å². The van der Waals surface area contributed by atoms with Crippen LogP contribution in [0.4, 0.5) is 0 Å². The first-order chi connectivity index (χ1) is 49.8. The van der Waals surface area contributed by atoms with Gasteiger partial charge in [-0.2, -0.15) is 0 Å². The maximum absolute atomic E-state index is 13.1. The molecular formula is C84H164O17P2. The Balaban J connectivity index is 5.24. The number of aliphatic hydroxyl groups is 1. The average Bonchev–Trinajstić information content (AvgIpc) is 0.926. The summed E-state index contributed by atoms with van der Waals surface area (Å²) in [6.45, 7) is 12.0. The Kier molecular flexibility index (Phi) is 72.8. The molecule has 103 heavy (non-hydrogen) atoms. The van der Waals surface area contributed by atoms with Crippen molar-refractivity contribution in [2.24, 2.45) is 17.8 Å². The lowest BCUT2D eigenvalue weighted by atomic mass is 9.99. The summed E-state index contributed by atoms with van der Waals surface area (Å²) in [4.78, 5) is 73.1. The van der Waals surface area contributed by atoms with E-state index in [9.17, 15) is 43.2 Å². The van der Waals surface area contributed by atoms with E-state index in [1.54, 1.807) is 0 Å². The van der Waals surface area contributed by atoms with E-state index in [-0.39, 0.29) is 25.7 Å². The van der Waals surface area contributed by atoms with Gasteiger partial charge in [-0.1, -0.05) is 389 Å². The molecule has 0 aliphatic carbocycles. The monoisotopic (exact) mass is 1510 g/mol. The van der Waals surface area contributed by atoms with Crippen molar-refractivity contribution < 1.29 is 80.2 Å². The van der Waals surface area contributed by atoms with Gasteiger partial charge < -0.3 is 33.8 Å². The number of unbranched alkanes of at least 4 members (excludes halogenated alkanes) is 49. The third kappa shape index (κ3) is 76.6. The van der Waals surface area contributed by atoms with Crippen molar-refractivity contribution >= 4 is 39.5 Å². The third-order valence-corrected chi connectivity index (χ3v) is 21.9. The van der Waals surface area contributed by atoms with Gasteiger partial charge in [0.15, 0.2) is 12.2 Å². The van der Waals surface area contributed by atoms with Gasteiger partial charge in [-0.25, -0.2) is 9.13 Å². The highest BCUT2D eigenvalue weighted by molar-refractivity contribution is 7.47. The van der Waals surface area contributed by atoms with Gasteiger partial charge >= 0.3 is 39.5 Å². The van der Waals surface area contributed by atoms with Crippen LogP contribution in [0.25, 0.3) is 0 Å². The van der Waals surface area contributed by atoms with E-state index >= 15 is 0 Å². The zero-order chi connectivity index (χ0) is 75.8. The molecule has 0 aromatic heterocycles. The van der Waals surface area contributed by atoms with Crippen molar-refractivity contribution in [1.29, 1.82) is 0 Å². The molecule has 0 rings (SSSR count). The molecule has 0 aliphatic rings. The number of ether oxygens (including phenoxy) is 4. The molecule has 3 unspecified atom stereocenters. The van der Waals surface area contributed by atoms with Gasteiger partial charge in [-0.3, -0.25) is 37.3 Å². The summed E-state index contributed by atoms with van der Waals surface area (Å²) in [5, 5.41) is 10.7. The topological polar surface area (TPSA) is 237 Å². The second-order valence-electron chi connectivity index (χ2n) is 31.4. The van der Waals surface area contributed by atoms with Crippen molar-refractivity contribution in [3.8, 4) is 0 Å². The Hall–Kier alpha value is -1.94. The highest BCUT2D eigenvalue weighted by Crippen LogP contribution is 2.45. The van der Waals surface area contributed by atoms with Gasteiger partial charge in [0, 0.05) is 25.7 Å². The second kappa shape index (κ2) is 74.2. The van der Waals surface area contributed by atoms with Gasteiger partial charge in [-0.15, -0.1) is 0 Å². The highest BCUT2D eigenvalue weighted by atomic mass is 31.2. The molecule has 612 valence electrons. The molecule has 6 atom stereocenters. The summed E-state index contributed by atoms with van der Waals surface area (Å²) in [6.07, 6.45) is 63.7. The van der Waals surface area contributed by atoms with Crippen molar-refractivity contribution in [2.45, 2.75) is 458 Å². The zero-order valence-corrected chi connectivity index (χ0v) is 69.6. The van der Waals surface area contributed by atoms with Crippen LogP contribution in [0.15, 0.2) is 0 Å². The first-order valence-corrected chi connectivity index (χ1v) is 46.4. The molecule has 0 spiro atoms. The lowest BCUT2D eigenvalue weighted by molar-refractivity contribution is -0.161. The zero-order valence-electron chi connectivity index (χ0n) is 67.8. The van der Waals surface area contributed by atoms with Crippen LogP contribution in [0, 0.1) is 17.8 Å². The summed E-state index contributed by atoms with van der Waals surface area (Å²) in [7, 11) is -9.93. The number of phosphoric acid groups is 2. The van der Waals surface area contributed by atoms with Crippen LogP contribution >= 0.6 is 15.6 Å². The highest BCUT2D eigenvalue weighted by Gasteiger charge is 2.30. The number of hydrogen-bond acceptors (Lipinski definition) is 15. The summed E-state index contributed by atoms with van der Waals surface area (Å²) in [5.74, 6) is 0.312. The number of phosphoric ester groups is 2. The van der Waals surface area contributed by atoms with Crippen LogP contribution in [0.3, 0.4) is 0 Å². The standard InChI is InChI=1S/C84H164O17P2/c1-8-10-11-12-13-14-15-30-37-44-51-58-65-81(86)94-71-80(101-84(89)68-61-54-47-40-33-26-28-35-42-49-56-63-76(5)6)74-99-103(92,93)97-70-78(85)69-96-102(90,91)98-73-79(72-95-82(87)66-59-52-45-38-31-25-24-27-34-41-48-55-62-75(3)4)100-83(88)67-60-53-46-39-32-23-21-19-17-16-18-20-22-29-36-43-50-57-64-77(7)9-2/h75-80,85H,8-74H2,1-7H3,(H,90,91)(H,92,93)/t77?,78-,79-,80-/m1/s1. The van der Waals surface area contributed by atoms with Crippen LogP contribution in [0.1, 0.15) is 440 Å². The Morgan fingerprint density at radius 1 is 0.282 bits per heavy atom. The number of esters is 4. The minimum absolute atomic E-state index is 0.107. The summed E-state index contributed by atoms with van der Waals surface area (Å²) < 4.78 is 68.8. The molecular weight excluding hydrogens is 1340 g/mol. The van der Waals surface area contributed by atoms with Crippen molar-refractivity contribution in [3.63, 3.8) is 0 Å². The molecule has 0 saturated heterocycles. The average molecular weight is 1510 g/mol. The van der Waals surface area contributed by atoms with Crippen LogP contribution in [0.2, 0.25) is 0 Å². The molecule has 0 fully saturated rings. The lowest BCUT2D eigenvalue weighted by Crippen LogP contribution is -2.30. The Morgan fingerprint density at radius 2 is 0.495 bits per heavy atom. The normalized spacial score (nSPS) is 14.2. The SMILES string of the molecule is CCCCCCCCCCCCCCC(=O)OC[C@H](COP(=O)(O)OC[C@H](O)COP(=O)(O)OC[C@@H](COC(=O)CCCCCCCCCCCCCCC(C)C)OC(=O)CCCCCCCCCCCCCCCCCCCCC(C)CC)OC(=O)CCCCCCCCCCCCCC(C)C. The Bertz CT molecular complexity index is 1990. The molecule has 17 nitrogen and oxygen atoms in total. The molecule has 0 saturated carbocycles. The van der Waals surface area contributed by atoms with Crippen LogP contribution in [-0.4, -0.2) is 96.7 Å². The smallest absolute Gasteiger partial charge is 0.462 e. The summed E-state index contributed by atoms with van der Waals surface area (Å²) in [5.41, 5.74) is 0. The molecule has 0 aromatic carbocycles. The van der Waals surface area contributed by atoms with E-state index in [0.717, 1.165) is 108 Å². The van der Waals surface area contributed by atoms with Gasteiger partial charge in [0.05, 0.1) is 26.4 Å². The largest absolute Gasteiger partial charge is 0.472 e. The molecule has 19 heteroatoms. The lowest BCUT2D eigenvalue weighted by Gasteiger charge is -2.21. The van der Waals surface area contributed by atoms with E-state index < -0.39 is 97.5 Å². The maximum Gasteiger partial charge on any atom is 0.472 e. The quantitative estimate of drug-likeness (QED) is 0.0222. The van der Waals surface area contributed by atoms with E-state index in [2.05, 4.69) is 48.5 Å². The second-order valence-corrected chi connectivity index (χ2v) is 34.3. The maximum atomic E-state index is 13.1. The number of carbonyl (C=O) groups excluding carboxylic acids is 4. The predicted molar refractivity (Wildman–Crippen MR) is 423 cm³/mol. The van der Waals surface area contributed by atoms with Gasteiger partial charge in [0.2, 0.25) is 0 Å². The van der Waals surface area contributed by atoms with E-state index in [4.69, 9.17) is 37.0 Å². The molecule has 3 N–H and O–H groups in total. The molecule has 0 aliphatic heterocycles. The molecule has 0 amide bonds. The number of hydrogen-bond donors (Lipinski definition) is 3. The minimum Gasteiger partial charge on any atom is -0.462 e. The Morgan fingerprint density at radius 3 is 0.738 bits per heavy atom. The fourth-order valence-corrected chi connectivity index (χ4v) is 14.6. The Labute approximate surface area is 632 Å². The van der Waals surface area contributed by atoms with Gasteiger partial charge in [0.25, 0.3) is 0 Å². The van der Waals surface area contributed by atoms with Crippen LogP contribution in [0.5, 0.6) is 0 Å². The predicted octanol–water partition coefficient (Wildman–Crippen LogP) is 25.3.